The Labute approximate surface area is 100 Å². The minimum absolute atomic E-state index is 0.130. The summed E-state index contributed by atoms with van der Waals surface area (Å²) in [5.74, 6) is -0.130. The average molecular weight is 239 g/mol. The molecule has 0 aliphatic heterocycles. The topological polar surface area (TPSA) is 49.3 Å². The van der Waals surface area contributed by atoms with E-state index in [9.17, 15) is 4.79 Å². The fourth-order valence-corrected chi connectivity index (χ4v) is 1.75. The standard InChI is InChI=1S/C12H17NO2S/c1-8-4-5-10(16-3)6-11(8)12(15)13-7-9(2)14/h4-6,9,14H,7H2,1-3H3,(H,13,15)/t9-/m1/s1. The molecule has 0 spiro atoms. The second-order valence-corrected chi connectivity index (χ2v) is 4.62. The second kappa shape index (κ2) is 5.92. The van der Waals surface area contributed by atoms with Gasteiger partial charge in [-0.3, -0.25) is 4.79 Å². The number of carbonyl (C=O) groups is 1. The molecule has 88 valence electrons. The number of rotatable bonds is 4. The Morgan fingerprint density at radius 3 is 2.81 bits per heavy atom. The molecule has 0 saturated heterocycles. The Hall–Kier alpha value is -1.00. The maximum absolute atomic E-state index is 11.8. The summed E-state index contributed by atoms with van der Waals surface area (Å²) in [6.07, 6.45) is 1.45. The van der Waals surface area contributed by atoms with Crippen LogP contribution < -0.4 is 5.32 Å². The number of carbonyl (C=O) groups excluding carboxylic acids is 1. The van der Waals surface area contributed by atoms with Crippen LogP contribution in [0.3, 0.4) is 0 Å². The van der Waals surface area contributed by atoms with Crippen LogP contribution in [0.5, 0.6) is 0 Å². The third-order valence-corrected chi connectivity index (χ3v) is 2.97. The highest BCUT2D eigenvalue weighted by Crippen LogP contribution is 2.18. The molecule has 16 heavy (non-hydrogen) atoms. The average Bonchev–Trinajstić information content (AvgIpc) is 2.26. The molecular weight excluding hydrogens is 222 g/mol. The third kappa shape index (κ3) is 3.54. The number of nitrogens with one attached hydrogen (secondary N) is 1. The third-order valence-electron chi connectivity index (χ3n) is 2.25. The Kier molecular flexibility index (Phi) is 4.83. The van der Waals surface area contributed by atoms with Crippen LogP contribution in [0.2, 0.25) is 0 Å². The first kappa shape index (κ1) is 13.1. The summed E-state index contributed by atoms with van der Waals surface area (Å²) in [6.45, 7) is 3.83. The molecule has 1 rings (SSSR count). The lowest BCUT2D eigenvalue weighted by Gasteiger charge is -2.10. The van der Waals surface area contributed by atoms with Crippen LogP contribution in [-0.2, 0) is 0 Å². The first-order chi connectivity index (χ1) is 7.54. The van der Waals surface area contributed by atoms with E-state index in [4.69, 9.17) is 5.11 Å². The monoisotopic (exact) mass is 239 g/mol. The molecule has 0 radical (unpaired) electrons. The molecule has 4 heteroatoms. The van der Waals surface area contributed by atoms with Gasteiger partial charge in [0.25, 0.3) is 5.91 Å². The predicted octanol–water partition coefficient (Wildman–Crippen LogP) is 1.83. The van der Waals surface area contributed by atoms with Crippen LogP contribution in [0.25, 0.3) is 0 Å². The maximum atomic E-state index is 11.8. The van der Waals surface area contributed by atoms with Gasteiger partial charge >= 0.3 is 0 Å². The number of hydrogen-bond donors (Lipinski definition) is 2. The summed E-state index contributed by atoms with van der Waals surface area (Å²) < 4.78 is 0. The number of aliphatic hydroxyl groups excluding tert-OH is 1. The van der Waals surface area contributed by atoms with E-state index in [1.54, 1.807) is 18.7 Å². The lowest BCUT2D eigenvalue weighted by atomic mass is 10.1. The fourth-order valence-electron chi connectivity index (χ4n) is 1.31. The SMILES string of the molecule is CSc1ccc(C)c(C(=O)NC[C@@H](C)O)c1. The van der Waals surface area contributed by atoms with Gasteiger partial charge in [-0.2, -0.15) is 0 Å². The Balaban J connectivity index is 2.81. The Bertz CT molecular complexity index is 377. The molecule has 2 N–H and O–H groups in total. The molecule has 1 aromatic rings. The summed E-state index contributed by atoms with van der Waals surface area (Å²) in [5, 5.41) is 11.8. The van der Waals surface area contributed by atoms with Gasteiger partial charge in [-0.15, -0.1) is 11.8 Å². The van der Waals surface area contributed by atoms with Crippen molar-refractivity contribution in [2.24, 2.45) is 0 Å². The van der Waals surface area contributed by atoms with Crippen LogP contribution in [0.4, 0.5) is 0 Å². The van der Waals surface area contributed by atoms with E-state index < -0.39 is 6.10 Å². The van der Waals surface area contributed by atoms with E-state index in [0.29, 0.717) is 5.56 Å². The highest BCUT2D eigenvalue weighted by molar-refractivity contribution is 7.98. The molecule has 1 aromatic carbocycles. The van der Waals surface area contributed by atoms with Crippen LogP contribution in [0, 0.1) is 6.92 Å². The lowest BCUT2D eigenvalue weighted by molar-refractivity contribution is 0.0923. The molecule has 3 nitrogen and oxygen atoms in total. The zero-order chi connectivity index (χ0) is 12.1. The van der Waals surface area contributed by atoms with E-state index >= 15 is 0 Å². The van der Waals surface area contributed by atoms with E-state index in [-0.39, 0.29) is 12.5 Å². The van der Waals surface area contributed by atoms with Gasteiger partial charge in [0.05, 0.1) is 6.10 Å². The highest BCUT2D eigenvalue weighted by Gasteiger charge is 2.10. The van der Waals surface area contributed by atoms with Crippen molar-refractivity contribution in [3.05, 3.63) is 29.3 Å². The van der Waals surface area contributed by atoms with Crippen molar-refractivity contribution in [3.8, 4) is 0 Å². The first-order valence-electron chi connectivity index (χ1n) is 5.15. The Morgan fingerprint density at radius 1 is 1.56 bits per heavy atom. The number of hydrogen-bond acceptors (Lipinski definition) is 3. The van der Waals surface area contributed by atoms with Gasteiger partial charge in [0.1, 0.15) is 0 Å². The van der Waals surface area contributed by atoms with Gasteiger partial charge in [-0.25, -0.2) is 0 Å². The van der Waals surface area contributed by atoms with Crippen molar-refractivity contribution in [2.75, 3.05) is 12.8 Å². The summed E-state index contributed by atoms with van der Waals surface area (Å²) >= 11 is 1.60. The van der Waals surface area contributed by atoms with Crippen LogP contribution in [-0.4, -0.2) is 29.9 Å². The molecule has 0 unspecified atom stereocenters. The molecule has 1 amide bonds. The van der Waals surface area contributed by atoms with Crippen molar-refractivity contribution in [1.82, 2.24) is 5.32 Å². The maximum Gasteiger partial charge on any atom is 0.251 e. The molecule has 0 heterocycles. The molecule has 0 saturated carbocycles. The molecular formula is C12H17NO2S. The van der Waals surface area contributed by atoms with Gasteiger partial charge < -0.3 is 10.4 Å². The Morgan fingerprint density at radius 2 is 2.25 bits per heavy atom. The quantitative estimate of drug-likeness (QED) is 0.788. The summed E-state index contributed by atoms with van der Waals surface area (Å²) in [5.41, 5.74) is 1.62. The van der Waals surface area contributed by atoms with E-state index in [1.807, 2.05) is 31.4 Å². The molecule has 0 bridgehead atoms. The first-order valence-corrected chi connectivity index (χ1v) is 6.38. The fraction of sp³-hybridized carbons (Fsp3) is 0.417. The van der Waals surface area contributed by atoms with Crippen LogP contribution >= 0.6 is 11.8 Å². The van der Waals surface area contributed by atoms with Crippen molar-refractivity contribution in [1.29, 1.82) is 0 Å². The van der Waals surface area contributed by atoms with Gasteiger partial charge in [-0.05, 0) is 37.8 Å². The van der Waals surface area contributed by atoms with Crippen molar-refractivity contribution in [2.45, 2.75) is 24.8 Å². The molecule has 1 atom stereocenters. The van der Waals surface area contributed by atoms with Gasteiger partial charge in [0, 0.05) is 17.0 Å². The molecule has 0 aromatic heterocycles. The van der Waals surface area contributed by atoms with Crippen molar-refractivity contribution >= 4 is 17.7 Å². The number of thioether (sulfide) groups is 1. The molecule has 0 fully saturated rings. The van der Waals surface area contributed by atoms with E-state index in [2.05, 4.69) is 5.32 Å². The second-order valence-electron chi connectivity index (χ2n) is 3.74. The number of benzene rings is 1. The molecule has 0 aliphatic carbocycles. The number of aryl methyl sites for hydroxylation is 1. The minimum atomic E-state index is -0.520. The minimum Gasteiger partial charge on any atom is -0.392 e. The largest absolute Gasteiger partial charge is 0.392 e. The highest BCUT2D eigenvalue weighted by atomic mass is 32.2. The van der Waals surface area contributed by atoms with Crippen molar-refractivity contribution in [3.63, 3.8) is 0 Å². The summed E-state index contributed by atoms with van der Waals surface area (Å²) in [7, 11) is 0. The van der Waals surface area contributed by atoms with Gasteiger partial charge in [-0.1, -0.05) is 6.07 Å². The van der Waals surface area contributed by atoms with Gasteiger partial charge in [0.15, 0.2) is 0 Å². The molecule has 0 aliphatic rings. The smallest absolute Gasteiger partial charge is 0.251 e. The van der Waals surface area contributed by atoms with Crippen molar-refractivity contribution < 1.29 is 9.90 Å². The predicted molar refractivity (Wildman–Crippen MR) is 67.0 cm³/mol. The van der Waals surface area contributed by atoms with Gasteiger partial charge in [0.2, 0.25) is 0 Å². The van der Waals surface area contributed by atoms with Crippen LogP contribution in [0.1, 0.15) is 22.8 Å². The zero-order valence-corrected chi connectivity index (χ0v) is 10.6. The normalized spacial score (nSPS) is 12.2. The van der Waals surface area contributed by atoms with E-state index in [1.165, 1.54) is 0 Å². The number of aliphatic hydroxyl groups is 1. The zero-order valence-electron chi connectivity index (χ0n) is 9.78. The summed E-state index contributed by atoms with van der Waals surface area (Å²) in [4.78, 5) is 12.9. The summed E-state index contributed by atoms with van der Waals surface area (Å²) in [6, 6.07) is 5.80. The lowest BCUT2D eigenvalue weighted by Crippen LogP contribution is -2.31. The van der Waals surface area contributed by atoms with Crippen LogP contribution in [0.15, 0.2) is 23.1 Å². The van der Waals surface area contributed by atoms with E-state index in [0.717, 1.165) is 10.5 Å². The number of amides is 1.